The van der Waals surface area contributed by atoms with Crippen LogP contribution in [-0.4, -0.2) is 20.2 Å². The zero-order chi connectivity index (χ0) is 10.7. The Bertz CT molecular complexity index is 420. The maximum absolute atomic E-state index is 5.74. The molecule has 2 aromatic heterocycles. The minimum Gasteiger partial charge on any atom is -0.399 e. The van der Waals surface area contributed by atoms with Crippen molar-refractivity contribution < 1.29 is 0 Å². The minimum atomic E-state index is 0.357. The normalized spacial score (nSPS) is 10.2. The van der Waals surface area contributed by atoms with Gasteiger partial charge in [0, 0.05) is 11.8 Å². The molecule has 0 aromatic carbocycles. The second-order valence-electron chi connectivity index (χ2n) is 2.89. The van der Waals surface area contributed by atoms with Gasteiger partial charge < -0.3 is 11.1 Å². The molecule has 4 N–H and O–H groups in total. The van der Waals surface area contributed by atoms with Crippen LogP contribution in [0.3, 0.4) is 0 Å². The molecule has 0 aliphatic heterocycles. The molecule has 0 bridgehead atoms. The predicted octanol–water partition coefficient (Wildman–Crippen LogP) is 1.05. The number of nitrogens with one attached hydrogen (secondary N) is 2. The average molecular weight is 225 g/mol. The summed E-state index contributed by atoms with van der Waals surface area (Å²) in [6.07, 6.45) is 1.44. The summed E-state index contributed by atoms with van der Waals surface area (Å²) in [6.45, 7) is 0.493. The molecule has 0 radical (unpaired) electrons. The van der Waals surface area contributed by atoms with Gasteiger partial charge in [-0.2, -0.15) is 5.10 Å². The fraction of sp³-hybridized carbons (Fsp3) is 0.125. The standard InChI is InChI=1S/C8H9ClN6/c9-6-1-5(10)2-7(14-6)11-3-8-12-4-13-15-8/h1-2,4H,3H2,(H3,10,11,14)(H,12,13,15). The van der Waals surface area contributed by atoms with Crippen molar-refractivity contribution in [3.8, 4) is 0 Å². The summed E-state index contributed by atoms with van der Waals surface area (Å²) in [5.41, 5.74) is 6.17. The van der Waals surface area contributed by atoms with Crippen LogP contribution in [0.5, 0.6) is 0 Å². The molecular weight excluding hydrogens is 216 g/mol. The van der Waals surface area contributed by atoms with Crippen molar-refractivity contribution in [2.45, 2.75) is 6.54 Å². The van der Waals surface area contributed by atoms with Crippen LogP contribution in [0.15, 0.2) is 18.5 Å². The van der Waals surface area contributed by atoms with Gasteiger partial charge in [-0.1, -0.05) is 11.6 Å². The lowest BCUT2D eigenvalue weighted by Crippen LogP contribution is -2.03. The van der Waals surface area contributed by atoms with Crippen molar-refractivity contribution in [3.05, 3.63) is 29.4 Å². The number of aromatic amines is 1. The molecule has 2 heterocycles. The highest BCUT2D eigenvalue weighted by Crippen LogP contribution is 2.15. The van der Waals surface area contributed by atoms with E-state index >= 15 is 0 Å². The molecule has 2 aromatic rings. The van der Waals surface area contributed by atoms with E-state index in [1.807, 2.05) is 0 Å². The van der Waals surface area contributed by atoms with Gasteiger partial charge in [-0.3, -0.25) is 5.10 Å². The molecular formula is C8H9ClN6. The van der Waals surface area contributed by atoms with E-state index in [4.69, 9.17) is 17.3 Å². The van der Waals surface area contributed by atoms with Crippen LogP contribution < -0.4 is 11.1 Å². The van der Waals surface area contributed by atoms with Crippen molar-refractivity contribution in [1.82, 2.24) is 20.2 Å². The van der Waals surface area contributed by atoms with E-state index in [9.17, 15) is 0 Å². The predicted molar refractivity (Wildman–Crippen MR) is 57.4 cm³/mol. The van der Waals surface area contributed by atoms with E-state index < -0.39 is 0 Å². The summed E-state index contributed by atoms with van der Waals surface area (Å²) < 4.78 is 0. The SMILES string of the molecule is Nc1cc(Cl)nc(NCc2ncn[nH]2)c1. The molecule has 0 atom stereocenters. The fourth-order valence-electron chi connectivity index (χ4n) is 1.10. The van der Waals surface area contributed by atoms with Crippen LogP contribution in [-0.2, 0) is 6.54 Å². The average Bonchev–Trinajstić information content (AvgIpc) is 2.65. The lowest BCUT2D eigenvalue weighted by Gasteiger charge is -2.04. The van der Waals surface area contributed by atoms with Gasteiger partial charge in [-0.25, -0.2) is 9.97 Å². The molecule has 0 unspecified atom stereocenters. The Morgan fingerprint density at radius 1 is 1.47 bits per heavy atom. The molecule has 6 nitrogen and oxygen atoms in total. The molecule has 0 aliphatic rings. The van der Waals surface area contributed by atoms with Gasteiger partial charge >= 0.3 is 0 Å². The van der Waals surface area contributed by atoms with E-state index in [1.54, 1.807) is 12.1 Å². The van der Waals surface area contributed by atoms with E-state index in [2.05, 4.69) is 25.5 Å². The number of hydrogen-bond donors (Lipinski definition) is 3. The van der Waals surface area contributed by atoms with Gasteiger partial charge in [0.15, 0.2) is 0 Å². The number of aromatic nitrogens is 4. The number of halogens is 1. The van der Waals surface area contributed by atoms with E-state index in [0.717, 1.165) is 5.82 Å². The molecule has 0 spiro atoms. The van der Waals surface area contributed by atoms with Gasteiger partial charge in [0.05, 0.1) is 6.54 Å². The van der Waals surface area contributed by atoms with Gasteiger partial charge in [0.25, 0.3) is 0 Å². The lowest BCUT2D eigenvalue weighted by atomic mass is 10.4. The van der Waals surface area contributed by atoms with E-state index in [-0.39, 0.29) is 0 Å². The van der Waals surface area contributed by atoms with Crippen molar-refractivity contribution in [2.24, 2.45) is 0 Å². The van der Waals surface area contributed by atoms with Gasteiger partial charge in [0.1, 0.15) is 23.1 Å². The summed E-state index contributed by atoms with van der Waals surface area (Å²) in [5, 5.41) is 9.82. The first-order chi connectivity index (χ1) is 7.24. The maximum atomic E-state index is 5.74. The summed E-state index contributed by atoms with van der Waals surface area (Å²) in [5.74, 6) is 1.33. The first kappa shape index (κ1) is 9.72. The van der Waals surface area contributed by atoms with Crippen LogP contribution in [0.1, 0.15) is 5.82 Å². The highest BCUT2D eigenvalue weighted by molar-refractivity contribution is 6.29. The molecule has 0 saturated heterocycles. The van der Waals surface area contributed by atoms with Crippen LogP contribution in [0.2, 0.25) is 5.15 Å². The fourth-order valence-corrected chi connectivity index (χ4v) is 1.31. The van der Waals surface area contributed by atoms with Crippen molar-refractivity contribution >= 4 is 23.1 Å². The Morgan fingerprint density at radius 2 is 2.33 bits per heavy atom. The molecule has 15 heavy (non-hydrogen) atoms. The van der Waals surface area contributed by atoms with Crippen LogP contribution in [0, 0.1) is 0 Å². The van der Waals surface area contributed by atoms with Crippen molar-refractivity contribution in [2.75, 3.05) is 11.1 Å². The highest BCUT2D eigenvalue weighted by atomic mass is 35.5. The Labute approximate surface area is 90.9 Å². The lowest BCUT2D eigenvalue weighted by molar-refractivity contribution is 0.948. The number of anilines is 2. The third kappa shape index (κ3) is 2.57. The monoisotopic (exact) mass is 224 g/mol. The third-order valence-corrected chi connectivity index (χ3v) is 1.91. The van der Waals surface area contributed by atoms with Crippen LogP contribution >= 0.6 is 11.6 Å². The summed E-state index contributed by atoms with van der Waals surface area (Å²) in [4.78, 5) is 8.00. The first-order valence-electron chi connectivity index (χ1n) is 4.25. The number of nitrogens with two attached hydrogens (primary N) is 1. The Balaban J connectivity index is 2.05. The van der Waals surface area contributed by atoms with Crippen LogP contribution in [0.25, 0.3) is 0 Å². The Hall–Kier alpha value is -1.82. The van der Waals surface area contributed by atoms with Crippen molar-refractivity contribution in [1.29, 1.82) is 0 Å². The Morgan fingerprint density at radius 3 is 3.00 bits per heavy atom. The summed E-state index contributed by atoms with van der Waals surface area (Å²) in [7, 11) is 0. The number of nitrogen functional groups attached to an aromatic ring is 1. The maximum Gasteiger partial charge on any atom is 0.143 e. The van der Waals surface area contributed by atoms with Crippen molar-refractivity contribution in [3.63, 3.8) is 0 Å². The molecule has 0 fully saturated rings. The molecule has 0 aliphatic carbocycles. The molecule has 0 amide bonds. The second kappa shape index (κ2) is 4.14. The topological polar surface area (TPSA) is 92.5 Å². The van der Waals surface area contributed by atoms with Gasteiger partial charge in [-0.15, -0.1) is 0 Å². The minimum absolute atomic E-state index is 0.357. The number of rotatable bonds is 3. The molecule has 7 heteroatoms. The zero-order valence-corrected chi connectivity index (χ0v) is 8.49. The smallest absolute Gasteiger partial charge is 0.143 e. The summed E-state index contributed by atoms with van der Waals surface area (Å²) >= 11 is 5.74. The third-order valence-electron chi connectivity index (χ3n) is 1.72. The van der Waals surface area contributed by atoms with Gasteiger partial charge in [-0.05, 0) is 6.07 Å². The quantitative estimate of drug-likeness (QED) is 0.678. The highest BCUT2D eigenvalue weighted by Gasteiger charge is 2.00. The molecule has 2 rings (SSSR count). The van der Waals surface area contributed by atoms with E-state index in [0.29, 0.717) is 23.2 Å². The van der Waals surface area contributed by atoms with Gasteiger partial charge in [0.2, 0.25) is 0 Å². The summed E-state index contributed by atoms with van der Waals surface area (Å²) in [6, 6.07) is 3.28. The molecule has 78 valence electrons. The number of hydrogen-bond acceptors (Lipinski definition) is 5. The number of pyridine rings is 1. The van der Waals surface area contributed by atoms with E-state index in [1.165, 1.54) is 6.33 Å². The molecule has 0 saturated carbocycles. The number of H-pyrrole nitrogens is 1. The number of nitrogens with zero attached hydrogens (tertiary/aromatic N) is 3. The largest absolute Gasteiger partial charge is 0.399 e. The Kier molecular flexibility index (Phi) is 2.68. The van der Waals surface area contributed by atoms with Crippen LogP contribution in [0.4, 0.5) is 11.5 Å². The second-order valence-corrected chi connectivity index (χ2v) is 3.28. The first-order valence-corrected chi connectivity index (χ1v) is 4.63. The zero-order valence-electron chi connectivity index (χ0n) is 7.74.